The second-order valence-corrected chi connectivity index (χ2v) is 8.25. The van der Waals surface area contributed by atoms with Crippen LogP contribution in [0.4, 0.5) is 4.79 Å². The van der Waals surface area contributed by atoms with E-state index >= 15 is 0 Å². The lowest BCUT2D eigenvalue weighted by Gasteiger charge is -2.32. The predicted molar refractivity (Wildman–Crippen MR) is 129 cm³/mol. The summed E-state index contributed by atoms with van der Waals surface area (Å²) in [6, 6.07) is 22.3. The number of aliphatic hydroxyl groups is 1. The van der Waals surface area contributed by atoms with Crippen LogP contribution in [0.1, 0.15) is 16.7 Å². The van der Waals surface area contributed by atoms with Crippen LogP contribution in [0.3, 0.4) is 0 Å². The topological polar surface area (TPSA) is 106 Å². The van der Waals surface area contributed by atoms with Gasteiger partial charge in [-0.25, -0.2) is 4.79 Å². The second kappa shape index (κ2) is 11.4. The van der Waals surface area contributed by atoms with Crippen molar-refractivity contribution in [1.29, 1.82) is 0 Å². The smallest absolute Gasteiger partial charge is 0.408 e. The molecule has 0 bridgehead atoms. The molecule has 1 aliphatic heterocycles. The second-order valence-electron chi connectivity index (χ2n) is 8.25. The summed E-state index contributed by atoms with van der Waals surface area (Å²) >= 11 is 0. The Morgan fingerprint density at radius 3 is 2.40 bits per heavy atom. The first kappa shape index (κ1) is 24.1. The van der Waals surface area contributed by atoms with Crippen LogP contribution < -0.4 is 20.1 Å². The monoisotopic (exact) mass is 476 g/mol. The van der Waals surface area contributed by atoms with E-state index < -0.39 is 30.4 Å². The first-order valence-electron chi connectivity index (χ1n) is 11.3. The van der Waals surface area contributed by atoms with E-state index in [1.807, 2.05) is 60.7 Å². The van der Waals surface area contributed by atoms with Crippen LogP contribution in [0.2, 0.25) is 0 Å². The van der Waals surface area contributed by atoms with Gasteiger partial charge >= 0.3 is 6.09 Å². The minimum Gasteiger partial charge on any atom is -0.497 e. The van der Waals surface area contributed by atoms with E-state index in [1.165, 1.54) is 0 Å². The first-order chi connectivity index (χ1) is 17.0. The molecule has 0 saturated carbocycles. The van der Waals surface area contributed by atoms with Gasteiger partial charge in [-0.2, -0.15) is 0 Å². The molecule has 3 aromatic rings. The molecular formula is C27H28N2O6. The lowest BCUT2D eigenvalue weighted by Crippen LogP contribution is -2.56. The molecule has 0 radical (unpaired) electrons. The van der Waals surface area contributed by atoms with Crippen molar-refractivity contribution >= 4 is 12.0 Å². The van der Waals surface area contributed by atoms with Crippen LogP contribution in [0.5, 0.6) is 11.5 Å². The fourth-order valence-corrected chi connectivity index (χ4v) is 3.88. The van der Waals surface area contributed by atoms with E-state index in [4.69, 9.17) is 14.2 Å². The number of hydrogen-bond donors (Lipinski definition) is 3. The molecule has 0 fully saturated rings. The highest BCUT2D eigenvalue weighted by atomic mass is 16.6. The Kier molecular flexibility index (Phi) is 7.84. The molecule has 0 aliphatic carbocycles. The van der Waals surface area contributed by atoms with E-state index in [9.17, 15) is 14.7 Å². The Bertz CT molecular complexity index is 1140. The van der Waals surface area contributed by atoms with Gasteiger partial charge in [-0.15, -0.1) is 0 Å². The Balaban J connectivity index is 1.43. The number of carbonyl (C=O) groups is 2. The molecule has 0 saturated heterocycles. The Labute approximate surface area is 203 Å². The van der Waals surface area contributed by atoms with Gasteiger partial charge in [0, 0.05) is 18.4 Å². The number of alkyl carbamates (subject to hydrolysis) is 1. The van der Waals surface area contributed by atoms with Gasteiger partial charge in [-0.05, 0) is 29.3 Å². The summed E-state index contributed by atoms with van der Waals surface area (Å²) in [6.07, 6.45) is -1.35. The third-order valence-corrected chi connectivity index (χ3v) is 5.73. The average Bonchev–Trinajstić information content (AvgIpc) is 2.88. The van der Waals surface area contributed by atoms with Crippen molar-refractivity contribution in [2.75, 3.05) is 7.11 Å². The molecule has 0 aromatic heterocycles. The number of methoxy groups -OCH3 is 1. The molecule has 3 N–H and O–H groups in total. The van der Waals surface area contributed by atoms with Crippen LogP contribution >= 0.6 is 0 Å². The molecule has 1 heterocycles. The van der Waals surface area contributed by atoms with Gasteiger partial charge in [0.2, 0.25) is 12.2 Å². The standard InChI is InChI=1S/C27H28N2O6/c1-33-21-12-13-24-20(15-21)16-23(26(31)35-24)28-25(30)22(14-18-8-4-2-5-9-18)29-27(32)34-17-19-10-6-3-7-11-19/h2-13,15,22-23,26,31H,14,16-17H2,1H3,(H,28,30)(H,29,32)/t22-,23-,26?/m0/s1. The third-order valence-electron chi connectivity index (χ3n) is 5.73. The van der Waals surface area contributed by atoms with Crippen molar-refractivity contribution in [2.24, 2.45) is 0 Å². The maximum atomic E-state index is 13.2. The highest BCUT2D eigenvalue weighted by molar-refractivity contribution is 5.86. The minimum absolute atomic E-state index is 0.0835. The van der Waals surface area contributed by atoms with E-state index in [0.717, 1.165) is 16.7 Å². The van der Waals surface area contributed by atoms with Crippen LogP contribution in [-0.4, -0.2) is 42.6 Å². The van der Waals surface area contributed by atoms with Crippen molar-refractivity contribution in [2.45, 2.75) is 37.8 Å². The number of benzene rings is 3. The molecule has 3 aromatic carbocycles. The number of ether oxygens (including phenoxy) is 3. The van der Waals surface area contributed by atoms with E-state index in [2.05, 4.69) is 10.6 Å². The zero-order valence-electron chi connectivity index (χ0n) is 19.3. The molecule has 1 aliphatic rings. The normalized spacial score (nSPS) is 17.3. The summed E-state index contributed by atoms with van der Waals surface area (Å²) in [5.74, 6) is 0.732. The van der Waals surface area contributed by atoms with E-state index in [0.29, 0.717) is 17.9 Å². The number of aliphatic hydroxyl groups excluding tert-OH is 1. The van der Waals surface area contributed by atoms with Gasteiger partial charge in [0.25, 0.3) is 0 Å². The molecule has 3 atom stereocenters. The van der Waals surface area contributed by atoms with Crippen molar-refractivity contribution in [3.63, 3.8) is 0 Å². The quantitative estimate of drug-likeness (QED) is 0.462. The minimum atomic E-state index is -1.23. The van der Waals surface area contributed by atoms with Crippen molar-refractivity contribution < 1.29 is 28.9 Å². The zero-order valence-corrected chi connectivity index (χ0v) is 19.3. The summed E-state index contributed by atoms with van der Waals surface area (Å²) in [5.41, 5.74) is 2.50. The fourth-order valence-electron chi connectivity index (χ4n) is 3.88. The molecule has 1 unspecified atom stereocenters. The molecule has 8 heteroatoms. The Morgan fingerprint density at radius 2 is 1.71 bits per heavy atom. The van der Waals surface area contributed by atoms with Crippen LogP contribution in [0.25, 0.3) is 0 Å². The lowest BCUT2D eigenvalue weighted by molar-refractivity contribution is -0.128. The lowest BCUT2D eigenvalue weighted by atomic mass is 10.00. The highest BCUT2D eigenvalue weighted by Gasteiger charge is 2.32. The Hall–Kier alpha value is -4.04. The van der Waals surface area contributed by atoms with Gasteiger partial charge in [0.05, 0.1) is 13.2 Å². The molecule has 35 heavy (non-hydrogen) atoms. The number of fused-ring (bicyclic) bond motifs is 1. The number of nitrogens with one attached hydrogen (secondary N) is 2. The van der Waals surface area contributed by atoms with Gasteiger partial charge in [-0.3, -0.25) is 4.79 Å². The number of carbonyl (C=O) groups excluding carboxylic acids is 2. The maximum absolute atomic E-state index is 13.2. The average molecular weight is 477 g/mol. The highest BCUT2D eigenvalue weighted by Crippen LogP contribution is 2.30. The number of rotatable bonds is 8. The molecule has 8 nitrogen and oxygen atoms in total. The van der Waals surface area contributed by atoms with Crippen LogP contribution in [0.15, 0.2) is 78.9 Å². The van der Waals surface area contributed by atoms with Gasteiger partial charge in [-0.1, -0.05) is 60.7 Å². The molecule has 4 rings (SSSR count). The molecular weight excluding hydrogens is 448 g/mol. The van der Waals surface area contributed by atoms with Crippen LogP contribution in [-0.2, 0) is 29.0 Å². The zero-order chi connectivity index (χ0) is 24.6. The van der Waals surface area contributed by atoms with Crippen LogP contribution in [0, 0.1) is 0 Å². The molecule has 2 amide bonds. The van der Waals surface area contributed by atoms with E-state index in [1.54, 1.807) is 25.3 Å². The largest absolute Gasteiger partial charge is 0.497 e. The first-order valence-corrected chi connectivity index (χ1v) is 11.3. The summed E-state index contributed by atoms with van der Waals surface area (Å²) in [4.78, 5) is 25.7. The van der Waals surface area contributed by atoms with Gasteiger partial charge in [0.1, 0.15) is 24.1 Å². The van der Waals surface area contributed by atoms with Gasteiger partial charge in [0.15, 0.2) is 0 Å². The predicted octanol–water partition coefficient (Wildman–Crippen LogP) is 2.97. The van der Waals surface area contributed by atoms with Crippen molar-refractivity contribution in [3.8, 4) is 11.5 Å². The fraction of sp³-hybridized carbons (Fsp3) is 0.259. The summed E-state index contributed by atoms with van der Waals surface area (Å²) in [5, 5.41) is 16.0. The summed E-state index contributed by atoms with van der Waals surface area (Å²) in [6.45, 7) is 0.0835. The third kappa shape index (κ3) is 6.51. The molecule has 182 valence electrons. The van der Waals surface area contributed by atoms with Crippen molar-refractivity contribution in [1.82, 2.24) is 10.6 Å². The SMILES string of the molecule is COc1ccc2c(c1)C[C@H](NC(=O)[C@H](Cc1ccccc1)NC(=O)OCc1ccccc1)C(O)O2. The number of amides is 2. The van der Waals surface area contributed by atoms with Gasteiger partial charge < -0.3 is 30.0 Å². The van der Waals surface area contributed by atoms with Crippen molar-refractivity contribution in [3.05, 3.63) is 95.6 Å². The summed E-state index contributed by atoms with van der Waals surface area (Å²) in [7, 11) is 1.57. The summed E-state index contributed by atoms with van der Waals surface area (Å²) < 4.78 is 16.2. The number of hydrogen-bond acceptors (Lipinski definition) is 6. The van der Waals surface area contributed by atoms with E-state index in [-0.39, 0.29) is 13.0 Å². The Morgan fingerprint density at radius 1 is 1.03 bits per heavy atom. The molecule has 0 spiro atoms. The maximum Gasteiger partial charge on any atom is 0.408 e.